The van der Waals surface area contributed by atoms with Gasteiger partial charge in [-0.2, -0.15) is 18.3 Å². The lowest BCUT2D eigenvalue weighted by atomic mass is 9.76. The van der Waals surface area contributed by atoms with Crippen molar-refractivity contribution in [1.82, 2.24) is 15.1 Å². The van der Waals surface area contributed by atoms with Gasteiger partial charge in [-0.15, -0.1) is 0 Å². The Kier molecular flexibility index (Phi) is 4.18. The van der Waals surface area contributed by atoms with Gasteiger partial charge in [0.2, 0.25) is 0 Å². The Morgan fingerprint density at radius 2 is 2.04 bits per heavy atom. The summed E-state index contributed by atoms with van der Waals surface area (Å²) >= 11 is 0. The number of amides is 1. The van der Waals surface area contributed by atoms with Crippen LogP contribution in [0.1, 0.15) is 35.4 Å². The van der Waals surface area contributed by atoms with E-state index in [0.29, 0.717) is 26.3 Å². The number of alkyl halides is 3. The van der Waals surface area contributed by atoms with Crippen molar-refractivity contribution in [3.8, 4) is 0 Å². The van der Waals surface area contributed by atoms with Crippen LogP contribution in [-0.4, -0.2) is 47.3 Å². The summed E-state index contributed by atoms with van der Waals surface area (Å²) in [5.74, 6) is -0.461. The predicted octanol–water partition coefficient (Wildman–Crippen LogP) is 2.63. The molecule has 0 radical (unpaired) electrons. The average Bonchev–Trinajstić information content (AvgIpc) is 2.91. The van der Waals surface area contributed by atoms with Crippen molar-refractivity contribution >= 4 is 5.91 Å². The number of ether oxygens (including phenoxy) is 1. The Balaban J connectivity index is 1.64. The first-order chi connectivity index (χ1) is 10.9. The molecule has 1 saturated heterocycles. The number of H-pyrrole nitrogens is 1. The molecule has 1 aromatic heterocycles. The standard InChI is InChI=1S/C15H18F3N3O2/c16-15(17,18)12-9-11(19-20-12)13(22)21-6-4-14(5-7-21)3-1-2-8-23-10-14/h1-2,9H,3-8,10H2,(H,19,20). The SMILES string of the molecule is O=C(c1cc(C(F)(F)F)[nH]n1)N1CCC2(CC=CCOC2)CC1. The van der Waals surface area contributed by atoms with E-state index in [0.717, 1.165) is 25.3 Å². The number of halogens is 3. The van der Waals surface area contributed by atoms with Crippen molar-refractivity contribution in [2.75, 3.05) is 26.3 Å². The highest BCUT2D eigenvalue weighted by molar-refractivity contribution is 5.92. The molecule has 1 fully saturated rings. The third-order valence-corrected chi connectivity index (χ3v) is 4.55. The van der Waals surface area contributed by atoms with Crippen LogP contribution in [0.5, 0.6) is 0 Å². The Morgan fingerprint density at radius 1 is 1.30 bits per heavy atom. The van der Waals surface area contributed by atoms with Crippen molar-refractivity contribution in [1.29, 1.82) is 0 Å². The van der Waals surface area contributed by atoms with Gasteiger partial charge in [0.15, 0.2) is 5.69 Å². The molecular formula is C15H18F3N3O2. The molecule has 0 aliphatic carbocycles. The number of piperidine rings is 1. The number of aromatic amines is 1. The number of nitrogens with one attached hydrogen (secondary N) is 1. The minimum Gasteiger partial charge on any atom is -0.377 e. The number of hydrogen-bond acceptors (Lipinski definition) is 3. The maximum atomic E-state index is 12.6. The summed E-state index contributed by atoms with van der Waals surface area (Å²) in [5.41, 5.74) is -1.16. The van der Waals surface area contributed by atoms with Gasteiger partial charge in [0.25, 0.3) is 5.91 Å². The maximum absolute atomic E-state index is 12.6. The lowest BCUT2D eigenvalue weighted by Crippen LogP contribution is -2.44. The molecule has 0 unspecified atom stereocenters. The summed E-state index contributed by atoms with van der Waals surface area (Å²) in [6.07, 6.45) is 2.04. The van der Waals surface area contributed by atoms with Crippen LogP contribution < -0.4 is 0 Å². The quantitative estimate of drug-likeness (QED) is 0.806. The van der Waals surface area contributed by atoms with Crippen LogP contribution in [0.4, 0.5) is 13.2 Å². The Morgan fingerprint density at radius 3 is 2.70 bits per heavy atom. The summed E-state index contributed by atoms with van der Waals surface area (Å²) in [6, 6.07) is 0.768. The van der Waals surface area contributed by atoms with Crippen LogP contribution in [0.2, 0.25) is 0 Å². The molecule has 126 valence electrons. The van der Waals surface area contributed by atoms with Crippen molar-refractivity contribution in [2.24, 2.45) is 5.41 Å². The third kappa shape index (κ3) is 3.41. The number of hydrogen-bond donors (Lipinski definition) is 1. The number of allylic oxidation sites excluding steroid dienone is 1. The van der Waals surface area contributed by atoms with E-state index in [1.807, 2.05) is 11.2 Å². The fourth-order valence-electron chi connectivity index (χ4n) is 3.07. The molecule has 1 N–H and O–H groups in total. The van der Waals surface area contributed by atoms with Gasteiger partial charge in [-0.25, -0.2) is 0 Å². The van der Waals surface area contributed by atoms with Crippen LogP contribution >= 0.6 is 0 Å². The molecule has 3 rings (SSSR count). The first-order valence-corrected chi connectivity index (χ1v) is 7.54. The topological polar surface area (TPSA) is 58.2 Å². The van der Waals surface area contributed by atoms with Gasteiger partial charge in [-0.05, 0) is 19.3 Å². The summed E-state index contributed by atoms with van der Waals surface area (Å²) < 4.78 is 43.3. The van der Waals surface area contributed by atoms with Gasteiger partial charge < -0.3 is 9.64 Å². The largest absolute Gasteiger partial charge is 0.432 e. The number of likely N-dealkylation sites (tertiary alicyclic amines) is 1. The number of aromatic nitrogens is 2. The highest BCUT2D eigenvalue weighted by atomic mass is 19.4. The van der Waals surface area contributed by atoms with Crippen LogP contribution in [-0.2, 0) is 10.9 Å². The highest BCUT2D eigenvalue weighted by Crippen LogP contribution is 2.37. The zero-order chi connectivity index (χ0) is 16.5. The molecule has 23 heavy (non-hydrogen) atoms. The van der Waals surface area contributed by atoms with Gasteiger partial charge in [0, 0.05) is 24.6 Å². The van der Waals surface area contributed by atoms with Gasteiger partial charge >= 0.3 is 6.18 Å². The maximum Gasteiger partial charge on any atom is 0.432 e. The fourth-order valence-corrected chi connectivity index (χ4v) is 3.07. The second kappa shape index (κ2) is 5.99. The lowest BCUT2D eigenvalue weighted by Gasteiger charge is -2.40. The van der Waals surface area contributed by atoms with E-state index < -0.39 is 17.8 Å². The molecule has 0 saturated carbocycles. The van der Waals surface area contributed by atoms with Crippen LogP contribution in [0.25, 0.3) is 0 Å². The van der Waals surface area contributed by atoms with E-state index in [1.54, 1.807) is 4.90 Å². The van der Waals surface area contributed by atoms with E-state index in [-0.39, 0.29) is 11.1 Å². The zero-order valence-electron chi connectivity index (χ0n) is 12.5. The van der Waals surface area contributed by atoms with Crippen molar-refractivity contribution in [2.45, 2.75) is 25.4 Å². The number of nitrogens with zero attached hydrogens (tertiary/aromatic N) is 2. The number of carbonyl (C=O) groups is 1. The highest BCUT2D eigenvalue weighted by Gasteiger charge is 2.38. The Labute approximate surface area is 131 Å². The minimum atomic E-state index is -4.53. The van der Waals surface area contributed by atoms with E-state index in [2.05, 4.69) is 11.2 Å². The van der Waals surface area contributed by atoms with Gasteiger partial charge in [0.1, 0.15) is 5.69 Å². The van der Waals surface area contributed by atoms with Gasteiger partial charge in [-0.3, -0.25) is 9.89 Å². The molecule has 0 aromatic carbocycles. The molecule has 0 atom stereocenters. The smallest absolute Gasteiger partial charge is 0.377 e. The Bertz CT molecular complexity index is 601. The monoisotopic (exact) mass is 329 g/mol. The van der Waals surface area contributed by atoms with Crippen LogP contribution in [0.15, 0.2) is 18.2 Å². The van der Waals surface area contributed by atoms with Crippen LogP contribution in [0.3, 0.4) is 0 Å². The molecule has 2 aliphatic heterocycles. The zero-order valence-corrected chi connectivity index (χ0v) is 12.5. The first-order valence-electron chi connectivity index (χ1n) is 7.54. The predicted molar refractivity (Wildman–Crippen MR) is 75.7 cm³/mol. The normalized spacial score (nSPS) is 21.4. The average molecular weight is 329 g/mol. The fraction of sp³-hybridized carbons (Fsp3) is 0.600. The van der Waals surface area contributed by atoms with Crippen molar-refractivity contribution in [3.63, 3.8) is 0 Å². The molecule has 2 aliphatic rings. The molecule has 0 bridgehead atoms. The second-order valence-corrected chi connectivity index (χ2v) is 6.15. The van der Waals surface area contributed by atoms with Crippen LogP contribution in [0, 0.1) is 5.41 Å². The van der Waals surface area contributed by atoms with E-state index in [1.165, 1.54) is 0 Å². The molecular weight excluding hydrogens is 311 g/mol. The molecule has 1 amide bonds. The van der Waals surface area contributed by atoms with E-state index in [4.69, 9.17) is 4.74 Å². The summed E-state index contributed by atoms with van der Waals surface area (Å²) in [7, 11) is 0. The lowest BCUT2D eigenvalue weighted by molar-refractivity contribution is -0.141. The summed E-state index contributed by atoms with van der Waals surface area (Å²) in [5, 5.41) is 5.38. The minimum absolute atomic E-state index is 0.0342. The molecule has 1 aromatic rings. The molecule has 5 nitrogen and oxygen atoms in total. The van der Waals surface area contributed by atoms with E-state index >= 15 is 0 Å². The number of carbonyl (C=O) groups excluding carboxylic acids is 1. The molecule has 3 heterocycles. The second-order valence-electron chi connectivity index (χ2n) is 6.15. The molecule has 1 spiro atoms. The van der Waals surface area contributed by atoms with Crippen molar-refractivity contribution in [3.05, 3.63) is 29.6 Å². The number of rotatable bonds is 1. The van der Waals surface area contributed by atoms with Gasteiger partial charge in [0.05, 0.1) is 13.2 Å². The first kappa shape index (κ1) is 16.0. The van der Waals surface area contributed by atoms with Crippen molar-refractivity contribution < 1.29 is 22.7 Å². The molecule has 8 heteroatoms. The van der Waals surface area contributed by atoms with Gasteiger partial charge in [-0.1, -0.05) is 12.2 Å². The Hall–Kier alpha value is -1.83. The summed E-state index contributed by atoms with van der Waals surface area (Å²) in [6.45, 7) is 2.27. The summed E-state index contributed by atoms with van der Waals surface area (Å²) in [4.78, 5) is 13.9. The third-order valence-electron chi connectivity index (χ3n) is 4.55. The van der Waals surface area contributed by atoms with E-state index in [9.17, 15) is 18.0 Å².